The minimum atomic E-state index is -0.479. The van der Waals surface area contributed by atoms with Crippen molar-refractivity contribution in [2.45, 2.75) is 0 Å². The van der Waals surface area contributed by atoms with Crippen molar-refractivity contribution in [1.29, 1.82) is 0 Å². The summed E-state index contributed by atoms with van der Waals surface area (Å²) >= 11 is 6.31. The van der Waals surface area contributed by atoms with Crippen LogP contribution in [0.3, 0.4) is 0 Å². The third kappa shape index (κ3) is 3.21. The summed E-state index contributed by atoms with van der Waals surface area (Å²) in [6.07, 6.45) is 1.50. The molecule has 1 aromatic heterocycles. The van der Waals surface area contributed by atoms with E-state index in [0.717, 1.165) is 4.90 Å². The molecule has 7 nitrogen and oxygen atoms in total. The van der Waals surface area contributed by atoms with Crippen LogP contribution >= 0.6 is 11.6 Å². The number of pyridine rings is 1. The van der Waals surface area contributed by atoms with Crippen LogP contribution in [-0.4, -0.2) is 22.3 Å². The Labute approximate surface area is 170 Å². The van der Waals surface area contributed by atoms with Gasteiger partial charge in [0, 0.05) is 30.6 Å². The number of nitrogens with zero attached hydrogens (tertiary/aromatic N) is 2. The van der Waals surface area contributed by atoms with Crippen LogP contribution in [0.2, 0.25) is 5.02 Å². The van der Waals surface area contributed by atoms with Gasteiger partial charge in [0.05, 0.1) is 21.8 Å². The predicted octanol–water partition coefficient (Wildman–Crippen LogP) is 3.09. The van der Waals surface area contributed by atoms with E-state index in [0.29, 0.717) is 16.8 Å². The molecule has 0 saturated carbocycles. The summed E-state index contributed by atoms with van der Waals surface area (Å²) in [4.78, 5) is 50.3. The number of nitrogens with one attached hydrogen (secondary N) is 1. The molecule has 4 rings (SSSR count). The number of carbonyl (C=O) groups excluding carboxylic acids is 3. The molecule has 0 atom stereocenters. The standard InChI is InChI=1S/C21H14ClN3O4/c1-24-9-8-12(10-18(24)26)19(27)23-13-6-7-17(16(22)11-13)25-20(28)14-4-2-3-5-15(14)21(25)29/h2-11H,1H3,(H,23,27). The lowest BCUT2D eigenvalue weighted by Crippen LogP contribution is -2.29. The number of fused-ring (bicyclic) bond motifs is 1. The lowest BCUT2D eigenvalue weighted by atomic mass is 10.1. The first-order valence-corrected chi connectivity index (χ1v) is 9.00. The van der Waals surface area contributed by atoms with Gasteiger partial charge < -0.3 is 9.88 Å². The second-order valence-corrected chi connectivity index (χ2v) is 6.88. The number of amides is 3. The van der Waals surface area contributed by atoms with Crippen LogP contribution in [0.1, 0.15) is 31.1 Å². The van der Waals surface area contributed by atoms with E-state index < -0.39 is 17.7 Å². The summed E-state index contributed by atoms with van der Waals surface area (Å²) in [5.41, 5.74) is 1.11. The van der Waals surface area contributed by atoms with Crippen LogP contribution in [-0.2, 0) is 7.05 Å². The Morgan fingerprint density at radius 1 is 0.931 bits per heavy atom. The topological polar surface area (TPSA) is 88.5 Å². The molecule has 0 aliphatic carbocycles. The molecule has 8 heteroatoms. The second kappa shape index (κ2) is 7.03. The van der Waals surface area contributed by atoms with Gasteiger partial charge in [0.2, 0.25) is 0 Å². The Balaban J connectivity index is 1.60. The van der Waals surface area contributed by atoms with Crippen molar-refractivity contribution in [2.75, 3.05) is 10.2 Å². The summed E-state index contributed by atoms with van der Waals surface area (Å²) in [5, 5.41) is 2.77. The lowest BCUT2D eigenvalue weighted by molar-refractivity contribution is 0.0924. The number of aromatic nitrogens is 1. The largest absolute Gasteiger partial charge is 0.322 e. The van der Waals surface area contributed by atoms with Crippen LogP contribution < -0.4 is 15.8 Å². The van der Waals surface area contributed by atoms with Gasteiger partial charge in [-0.15, -0.1) is 0 Å². The number of hydrogen-bond donors (Lipinski definition) is 1. The molecule has 0 spiro atoms. The van der Waals surface area contributed by atoms with Gasteiger partial charge in [-0.05, 0) is 36.4 Å². The maximum atomic E-state index is 12.6. The van der Waals surface area contributed by atoms with Gasteiger partial charge in [0.1, 0.15) is 0 Å². The molecule has 3 aromatic rings. The number of benzene rings is 2. The van der Waals surface area contributed by atoms with E-state index in [1.54, 1.807) is 31.3 Å². The summed E-state index contributed by atoms with van der Waals surface area (Å²) in [6.45, 7) is 0. The second-order valence-electron chi connectivity index (χ2n) is 6.48. The SMILES string of the molecule is Cn1ccc(C(=O)Nc2ccc(N3C(=O)c4ccccc4C3=O)c(Cl)c2)cc1=O. The Hall–Kier alpha value is -3.71. The molecule has 0 unspecified atom stereocenters. The van der Waals surface area contributed by atoms with E-state index in [2.05, 4.69) is 5.32 Å². The van der Waals surface area contributed by atoms with Gasteiger partial charge in [-0.2, -0.15) is 0 Å². The van der Waals surface area contributed by atoms with E-state index in [1.165, 1.54) is 41.1 Å². The molecule has 0 radical (unpaired) electrons. The monoisotopic (exact) mass is 407 g/mol. The van der Waals surface area contributed by atoms with Gasteiger partial charge >= 0.3 is 0 Å². The number of carbonyl (C=O) groups is 3. The zero-order valence-corrected chi connectivity index (χ0v) is 15.9. The number of rotatable bonds is 3. The fraction of sp³-hybridized carbons (Fsp3) is 0.0476. The minimum Gasteiger partial charge on any atom is -0.322 e. The van der Waals surface area contributed by atoms with Crippen molar-refractivity contribution >= 4 is 40.7 Å². The van der Waals surface area contributed by atoms with Gasteiger partial charge in [0.15, 0.2) is 0 Å². The highest BCUT2D eigenvalue weighted by Gasteiger charge is 2.37. The zero-order valence-electron chi connectivity index (χ0n) is 15.2. The van der Waals surface area contributed by atoms with Crippen molar-refractivity contribution in [3.63, 3.8) is 0 Å². The van der Waals surface area contributed by atoms with Crippen molar-refractivity contribution in [3.05, 3.63) is 92.9 Å². The summed E-state index contributed by atoms with van der Waals surface area (Å²) < 4.78 is 1.35. The zero-order chi connectivity index (χ0) is 20.7. The number of imide groups is 1. The fourth-order valence-corrected chi connectivity index (χ4v) is 3.33. The third-order valence-electron chi connectivity index (χ3n) is 4.61. The Morgan fingerprint density at radius 2 is 1.59 bits per heavy atom. The quantitative estimate of drug-likeness (QED) is 0.676. The highest BCUT2D eigenvalue weighted by molar-refractivity contribution is 6.40. The Morgan fingerprint density at radius 3 is 2.17 bits per heavy atom. The van der Waals surface area contributed by atoms with Gasteiger partial charge in [-0.25, -0.2) is 4.90 Å². The third-order valence-corrected chi connectivity index (χ3v) is 4.91. The van der Waals surface area contributed by atoms with Crippen molar-refractivity contribution in [3.8, 4) is 0 Å². The minimum absolute atomic E-state index is 0.126. The molecular formula is C21H14ClN3O4. The van der Waals surface area contributed by atoms with Crippen LogP contribution in [0.25, 0.3) is 0 Å². The van der Waals surface area contributed by atoms with Crippen LogP contribution in [0.4, 0.5) is 11.4 Å². The normalized spacial score (nSPS) is 12.8. The maximum absolute atomic E-state index is 12.6. The predicted molar refractivity (Wildman–Crippen MR) is 109 cm³/mol. The summed E-state index contributed by atoms with van der Waals surface area (Å²) in [7, 11) is 1.59. The van der Waals surface area contributed by atoms with Crippen molar-refractivity contribution < 1.29 is 14.4 Å². The van der Waals surface area contributed by atoms with Crippen LogP contribution in [0.5, 0.6) is 0 Å². The van der Waals surface area contributed by atoms with E-state index in [4.69, 9.17) is 11.6 Å². The Kier molecular flexibility index (Phi) is 4.52. The summed E-state index contributed by atoms with van der Waals surface area (Å²) in [6, 6.07) is 13.8. The van der Waals surface area contributed by atoms with E-state index in [9.17, 15) is 19.2 Å². The van der Waals surface area contributed by atoms with Crippen molar-refractivity contribution in [1.82, 2.24) is 4.57 Å². The molecule has 1 N–H and O–H groups in total. The molecule has 2 heterocycles. The number of hydrogen-bond acceptors (Lipinski definition) is 4. The molecule has 29 heavy (non-hydrogen) atoms. The van der Waals surface area contributed by atoms with E-state index in [-0.39, 0.29) is 21.8 Å². The molecule has 0 fully saturated rings. The molecule has 2 aromatic carbocycles. The highest BCUT2D eigenvalue weighted by Crippen LogP contribution is 2.34. The molecule has 1 aliphatic heterocycles. The first-order chi connectivity index (χ1) is 13.9. The number of halogens is 1. The summed E-state index contributed by atoms with van der Waals surface area (Å²) in [5.74, 6) is -1.39. The average molecular weight is 408 g/mol. The molecule has 144 valence electrons. The van der Waals surface area contributed by atoms with Gasteiger partial charge in [0.25, 0.3) is 23.3 Å². The van der Waals surface area contributed by atoms with E-state index in [1.807, 2.05) is 0 Å². The van der Waals surface area contributed by atoms with Crippen LogP contribution in [0, 0.1) is 0 Å². The lowest BCUT2D eigenvalue weighted by Gasteiger charge is -2.16. The molecule has 0 bridgehead atoms. The molecule has 1 aliphatic rings. The number of anilines is 2. The smallest absolute Gasteiger partial charge is 0.266 e. The first-order valence-electron chi connectivity index (χ1n) is 8.62. The Bertz CT molecular complexity index is 1210. The molecular weight excluding hydrogens is 394 g/mol. The van der Waals surface area contributed by atoms with E-state index >= 15 is 0 Å². The average Bonchev–Trinajstić information content (AvgIpc) is 2.95. The maximum Gasteiger partial charge on any atom is 0.266 e. The first kappa shape index (κ1) is 18.6. The molecule has 3 amide bonds. The fourth-order valence-electron chi connectivity index (χ4n) is 3.07. The number of aryl methyl sites for hydroxylation is 1. The highest BCUT2D eigenvalue weighted by atomic mass is 35.5. The van der Waals surface area contributed by atoms with Gasteiger partial charge in [-0.1, -0.05) is 23.7 Å². The van der Waals surface area contributed by atoms with Crippen molar-refractivity contribution in [2.24, 2.45) is 7.05 Å². The molecule has 0 saturated heterocycles. The van der Waals surface area contributed by atoms with Crippen LogP contribution in [0.15, 0.2) is 65.6 Å². The van der Waals surface area contributed by atoms with Gasteiger partial charge in [-0.3, -0.25) is 19.2 Å².